The molecule has 0 fully saturated rings. The molecule has 4 nitrogen and oxygen atoms in total. The Morgan fingerprint density at radius 1 is 1.29 bits per heavy atom. The second-order valence-corrected chi connectivity index (χ2v) is 6.08. The summed E-state index contributed by atoms with van der Waals surface area (Å²) in [5.41, 5.74) is 6.87. The standard InChI is InChI=1S/C12H15NO3S/c1-17(14,15)10-6-4-9(5-7-10)12(13)11-3-2-8-16-11/h3-7,12H,2,8,13H2,1H3. The van der Waals surface area contributed by atoms with Crippen molar-refractivity contribution in [2.45, 2.75) is 17.4 Å². The van der Waals surface area contributed by atoms with Gasteiger partial charge in [0.05, 0.1) is 17.5 Å². The molecule has 0 amide bonds. The van der Waals surface area contributed by atoms with Crippen molar-refractivity contribution in [3.05, 3.63) is 41.7 Å². The lowest BCUT2D eigenvalue weighted by molar-refractivity contribution is 0.225. The third kappa shape index (κ3) is 2.68. The van der Waals surface area contributed by atoms with Gasteiger partial charge in [0.2, 0.25) is 0 Å². The summed E-state index contributed by atoms with van der Waals surface area (Å²) >= 11 is 0. The van der Waals surface area contributed by atoms with Crippen LogP contribution in [-0.4, -0.2) is 21.3 Å². The minimum Gasteiger partial charge on any atom is -0.496 e. The third-order valence-electron chi connectivity index (χ3n) is 2.71. The number of sulfone groups is 1. The largest absolute Gasteiger partial charge is 0.496 e. The second kappa shape index (κ2) is 4.50. The van der Waals surface area contributed by atoms with E-state index in [1.807, 2.05) is 6.08 Å². The third-order valence-corrected chi connectivity index (χ3v) is 3.83. The van der Waals surface area contributed by atoms with Gasteiger partial charge in [-0.3, -0.25) is 0 Å². The minimum absolute atomic E-state index is 0.301. The topological polar surface area (TPSA) is 69.4 Å². The molecular weight excluding hydrogens is 238 g/mol. The molecule has 1 aromatic rings. The number of benzene rings is 1. The van der Waals surface area contributed by atoms with Gasteiger partial charge in [-0.2, -0.15) is 0 Å². The van der Waals surface area contributed by atoms with Crippen molar-refractivity contribution in [2.24, 2.45) is 5.73 Å². The van der Waals surface area contributed by atoms with Crippen molar-refractivity contribution in [1.29, 1.82) is 0 Å². The van der Waals surface area contributed by atoms with Crippen LogP contribution in [0.1, 0.15) is 18.0 Å². The lowest BCUT2D eigenvalue weighted by Crippen LogP contribution is -2.13. The normalized spacial score (nSPS) is 17.4. The lowest BCUT2D eigenvalue weighted by atomic mass is 10.1. The number of ether oxygens (including phenoxy) is 1. The highest BCUT2D eigenvalue weighted by molar-refractivity contribution is 7.90. The van der Waals surface area contributed by atoms with Crippen LogP contribution in [0.15, 0.2) is 41.0 Å². The molecule has 0 aromatic heterocycles. The average molecular weight is 253 g/mol. The van der Waals surface area contributed by atoms with Gasteiger partial charge in [-0.15, -0.1) is 0 Å². The smallest absolute Gasteiger partial charge is 0.175 e. The molecule has 0 aliphatic carbocycles. The fourth-order valence-electron chi connectivity index (χ4n) is 1.74. The fourth-order valence-corrected chi connectivity index (χ4v) is 2.37. The van der Waals surface area contributed by atoms with Crippen LogP contribution >= 0.6 is 0 Å². The number of rotatable bonds is 3. The van der Waals surface area contributed by atoms with Gasteiger partial charge in [-0.05, 0) is 23.8 Å². The van der Waals surface area contributed by atoms with E-state index in [0.29, 0.717) is 11.5 Å². The predicted octanol–water partition coefficient (Wildman–Crippen LogP) is 1.39. The Bertz CT molecular complexity index is 531. The van der Waals surface area contributed by atoms with Crippen molar-refractivity contribution in [1.82, 2.24) is 0 Å². The Hall–Kier alpha value is -1.33. The maximum atomic E-state index is 11.3. The number of hydrogen-bond acceptors (Lipinski definition) is 4. The first-order chi connectivity index (χ1) is 7.98. The van der Waals surface area contributed by atoms with E-state index in [1.165, 1.54) is 6.26 Å². The first-order valence-electron chi connectivity index (χ1n) is 5.37. The summed E-state index contributed by atoms with van der Waals surface area (Å²) in [5, 5.41) is 0. The number of hydrogen-bond donors (Lipinski definition) is 1. The molecular formula is C12H15NO3S. The van der Waals surface area contributed by atoms with E-state index in [0.717, 1.165) is 17.7 Å². The van der Waals surface area contributed by atoms with E-state index in [-0.39, 0.29) is 6.04 Å². The Morgan fingerprint density at radius 2 is 1.94 bits per heavy atom. The van der Waals surface area contributed by atoms with Gasteiger partial charge in [0, 0.05) is 12.7 Å². The summed E-state index contributed by atoms with van der Waals surface area (Å²) in [4.78, 5) is 0.301. The molecule has 2 rings (SSSR count). The van der Waals surface area contributed by atoms with E-state index < -0.39 is 9.84 Å². The first-order valence-corrected chi connectivity index (χ1v) is 7.26. The molecule has 1 heterocycles. The van der Waals surface area contributed by atoms with Gasteiger partial charge < -0.3 is 10.5 Å². The maximum absolute atomic E-state index is 11.3. The van der Waals surface area contributed by atoms with Crippen molar-refractivity contribution in [3.63, 3.8) is 0 Å². The van der Waals surface area contributed by atoms with Gasteiger partial charge in [0.15, 0.2) is 9.84 Å². The maximum Gasteiger partial charge on any atom is 0.175 e. The molecule has 1 atom stereocenters. The van der Waals surface area contributed by atoms with E-state index in [9.17, 15) is 8.42 Å². The number of nitrogens with two attached hydrogens (primary N) is 1. The molecule has 0 radical (unpaired) electrons. The molecule has 1 aliphatic heterocycles. The van der Waals surface area contributed by atoms with Crippen LogP contribution in [-0.2, 0) is 14.6 Å². The molecule has 0 bridgehead atoms. The van der Waals surface area contributed by atoms with Crippen molar-refractivity contribution in [3.8, 4) is 0 Å². The summed E-state index contributed by atoms with van der Waals surface area (Å²) in [6.45, 7) is 0.671. The molecule has 17 heavy (non-hydrogen) atoms. The molecule has 2 N–H and O–H groups in total. The van der Waals surface area contributed by atoms with E-state index >= 15 is 0 Å². The van der Waals surface area contributed by atoms with Crippen LogP contribution in [0.4, 0.5) is 0 Å². The SMILES string of the molecule is CS(=O)(=O)c1ccc(C(N)C2=CCCO2)cc1. The Morgan fingerprint density at radius 3 is 2.41 bits per heavy atom. The first kappa shape index (κ1) is 12.1. The molecule has 5 heteroatoms. The Kier molecular flexibility index (Phi) is 3.22. The predicted molar refractivity (Wildman–Crippen MR) is 65.1 cm³/mol. The van der Waals surface area contributed by atoms with Crippen molar-refractivity contribution < 1.29 is 13.2 Å². The van der Waals surface area contributed by atoms with Gasteiger partial charge in [-0.1, -0.05) is 12.1 Å². The molecule has 0 spiro atoms. The Balaban J connectivity index is 2.23. The molecule has 0 saturated carbocycles. The molecule has 0 saturated heterocycles. The van der Waals surface area contributed by atoms with Crippen LogP contribution in [0.25, 0.3) is 0 Å². The van der Waals surface area contributed by atoms with E-state index in [4.69, 9.17) is 10.5 Å². The zero-order valence-corrected chi connectivity index (χ0v) is 10.4. The van der Waals surface area contributed by atoms with Crippen LogP contribution < -0.4 is 5.73 Å². The highest BCUT2D eigenvalue weighted by atomic mass is 32.2. The summed E-state index contributed by atoms with van der Waals surface area (Å²) in [5.74, 6) is 0.761. The second-order valence-electron chi connectivity index (χ2n) is 4.06. The lowest BCUT2D eigenvalue weighted by Gasteiger charge is -2.13. The zero-order valence-electron chi connectivity index (χ0n) is 9.59. The van der Waals surface area contributed by atoms with Gasteiger partial charge in [-0.25, -0.2) is 8.42 Å². The van der Waals surface area contributed by atoms with E-state index in [2.05, 4.69) is 0 Å². The minimum atomic E-state index is -3.15. The summed E-state index contributed by atoms with van der Waals surface area (Å²) in [7, 11) is -3.15. The summed E-state index contributed by atoms with van der Waals surface area (Å²) < 4.78 is 28.0. The van der Waals surface area contributed by atoms with Gasteiger partial charge in [0.25, 0.3) is 0 Å². The van der Waals surface area contributed by atoms with Gasteiger partial charge >= 0.3 is 0 Å². The van der Waals surface area contributed by atoms with Crippen LogP contribution in [0.5, 0.6) is 0 Å². The van der Waals surface area contributed by atoms with Crippen molar-refractivity contribution >= 4 is 9.84 Å². The zero-order chi connectivity index (χ0) is 12.5. The van der Waals surface area contributed by atoms with Crippen LogP contribution in [0, 0.1) is 0 Å². The molecule has 1 aliphatic rings. The molecule has 92 valence electrons. The Labute approximate surface area is 101 Å². The van der Waals surface area contributed by atoms with Crippen LogP contribution in [0.2, 0.25) is 0 Å². The summed E-state index contributed by atoms with van der Waals surface area (Å²) in [6, 6.07) is 6.28. The monoisotopic (exact) mass is 253 g/mol. The highest BCUT2D eigenvalue weighted by Gasteiger charge is 2.17. The summed E-state index contributed by atoms with van der Waals surface area (Å²) in [6.07, 6.45) is 4.03. The van der Waals surface area contributed by atoms with E-state index in [1.54, 1.807) is 24.3 Å². The molecule has 1 unspecified atom stereocenters. The van der Waals surface area contributed by atoms with Crippen molar-refractivity contribution in [2.75, 3.05) is 12.9 Å². The average Bonchev–Trinajstić information content (AvgIpc) is 2.80. The van der Waals surface area contributed by atoms with Gasteiger partial charge in [0.1, 0.15) is 5.76 Å². The highest BCUT2D eigenvalue weighted by Crippen LogP contribution is 2.24. The molecule has 1 aromatic carbocycles. The van der Waals surface area contributed by atoms with Crippen LogP contribution in [0.3, 0.4) is 0 Å². The quantitative estimate of drug-likeness (QED) is 0.884. The fraction of sp³-hybridized carbons (Fsp3) is 0.333.